The molecule has 0 amide bonds. The first kappa shape index (κ1) is 82.4. The van der Waals surface area contributed by atoms with E-state index >= 15 is 0 Å². The molecule has 0 atom stereocenters. The Morgan fingerprint density at radius 2 is 0.274 bits per heavy atom. The van der Waals surface area contributed by atoms with Crippen molar-refractivity contribution in [1.82, 2.24) is 0 Å². The molecule has 16 aromatic carbocycles. The molecule has 0 bridgehead atoms. The summed E-state index contributed by atoms with van der Waals surface area (Å²) in [5.41, 5.74) is 19.1. The number of rotatable bonds is 20. The fourth-order valence-corrected chi connectivity index (χ4v) is 12.1. The number of ether oxygens (including phenoxy) is 8. The summed E-state index contributed by atoms with van der Waals surface area (Å²) in [6.07, 6.45) is 0. The summed E-state index contributed by atoms with van der Waals surface area (Å²) in [6.45, 7) is 25.1. The molecule has 0 radical (unpaired) electrons. The lowest BCUT2D eigenvalue weighted by molar-refractivity contribution is 0.480. The van der Waals surface area contributed by atoms with Gasteiger partial charge in [-0.3, -0.25) is 0 Å². The Hall–Kier alpha value is -14.1. The molecule has 0 saturated heterocycles. The van der Waals surface area contributed by atoms with Gasteiger partial charge in [0.15, 0.2) is 0 Å². The normalized spacial score (nSPS) is 10.6. The largest absolute Gasteiger partial charge is 0.457 e. The molecule has 0 aliphatic heterocycles. The van der Waals surface area contributed by atoms with Gasteiger partial charge in [0.1, 0.15) is 92.0 Å². The summed E-state index contributed by atoms with van der Waals surface area (Å²) in [4.78, 5) is 0. The lowest BCUT2D eigenvalue weighted by Gasteiger charge is -2.26. The van der Waals surface area contributed by atoms with Gasteiger partial charge in [0.2, 0.25) is 0 Å². The van der Waals surface area contributed by atoms with Crippen molar-refractivity contribution in [2.75, 3.05) is 0 Å². The van der Waals surface area contributed by atoms with Gasteiger partial charge in [-0.1, -0.05) is 258 Å². The van der Waals surface area contributed by atoms with Crippen molar-refractivity contribution in [3.63, 3.8) is 0 Å². The van der Waals surface area contributed by atoms with Crippen LogP contribution in [0.1, 0.15) is 80.6 Å². The molecular formula is C109H100O8. The lowest BCUT2D eigenvalue weighted by Crippen LogP contribution is -2.18. The second-order valence-electron chi connectivity index (χ2n) is 29.7. The molecule has 8 nitrogen and oxygen atoms in total. The topological polar surface area (TPSA) is 73.8 Å². The van der Waals surface area contributed by atoms with Crippen molar-refractivity contribution >= 4 is 0 Å². The van der Waals surface area contributed by atoms with E-state index in [0.29, 0.717) is 0 Å². The Labute approximate surface area is 691 Å². The van der Waals surface area contributed by atoms with Gasteiger partial charge in [-0.15, -0.1) is 0 Å². The first-order valence-electron chi connectivity index (χ1n) is 39.4. The van der Waals surface area contributed by atoms with Gasteiger partial charge < -0.3 is 37.9 Å². The second-order valence-corrected chi connectivity index (χ2v) is 29.7. The molecule has 117 heavy (non-hydrogen) atoms. The molecule has 0 aliphatic carbocycles. The van der Waals surface area contributed by atoms with E-state index in [1.165, 1.54) is 66.8 Å². The first-order valence-corrected chi connectivity index (χ1v) is 39.4. The highest BCUT2D eigenvalue weighted by atomic mass is 16.5. The summed E-state index contributed by atoms with van der Waals surface area (Å²) in [5.74, 6) is 13.6. The molecule has 0 fully saturated rings. The fraction of sp³-hybridized carbons (Fsp3) is 0.119. The summed E-state index contributed by atoms with van der Waals surface area (Å²) >= 11 is 0. The fourth-order valence-electron chi connectivity index (χ4n) is 12.1. The molecule has 0 aromatic heterocycles. The van der Waals surface area contributed by atoms with Gasteiger partial charge in [0, 0.05) is 5.41 Å². The minimum absolute atomic E-state index is 0.134. The van der Waals surface area contributed by atoms with Crippen LogP contribution in [0, 0.1) is 69.2 Å². The Morgan fingerprint density at radius 1 is 0.137 bits per heavy atom. The van der Waals surface area contributed by atoms with E-state index in [2.05, 4.69) is 186 Å². The van der Waals surface area contributed by atoms with E-state index in [1.807, 2.05) is 285 Å². The van der Waals surface area contributed by atoms with Crippen molar-refractivity contribution in [3.05, 3.63) is 455 Å². The number of benzene rings is 16. The van der Waals surface area contributed by atoms with Crippen LogP contribution in [0.25, 0.3) is 22.3 Å². The van der Waals surface area contributed by atoms with Crippen LogP contribution in [0.15, 0.2) is 388 Å². The predicted molar refractivity (Wildman–Crippen MR) is 481 cm³/mol. The van der Waals surface area contributed by atoms with Crippen LogP contribution in [-0.2, 0) is 5.41 Å². The monoisotopic (exact) mass is 1540 g/mol. The highest BCUT2D eigenvalue weighted by Crippen LogP contribution is 2.37. The molecule has 0 spiro atoms. The van der Waals surface area contributed by atoms with Gasteiger partial charge in [-0.25, -0.2) is 0 Å². The second kappa shape index (κ2) is 40.6. The Bertz CT molecular complexity index is 5180. The third kappa shape index (κ3) is 26.0. The third-order valence-corrected chi connectivity index (χ3v) is 19.3. The maximum absolute atomic E-state index is 5.97. The van der Waals surface area contributed by atoms with Crippen LogP contribution < -0.4 is 37.9 Å². The Balaban J connectivity index is 0.000000138. The van der Waals surface area contributed by atoms with Crippen molar-refractivity contribution in [2.45, 2.75) is 88.5 Å². The van der Waals surface area contributed by atoms with Crippen molar-refractivity contribution < 1.29 is 37.9 Å². The minimum Gasteiger partial charge on any atom is -0.457 e. The molecule has 0 N–H and O–H groups in total. The molecule has 0 saturated carbocycles. The summed E-state index contributed by atoms with van der Waals surface area (Å²) < 4.78 is 46.9. The van der Waals surface area contributed by atoms with Gasteiger partial charge in [0.05, 0.1) is 0 Å². The molecule has 16 aromatic rings. The van der Waals surface area contributed by atoms with Crippen LogP contribution >= 0.6 is 0 Å². The van der Waals surface area contributed by atoms with Gasteiger partial charge in [-0.05, 0) is 302 Å². The van der Waals surface area contributed by atoms with E-state index in [4.69, 9.17) is 37.9 Å². The van der Waals surface area contributed by atoms with Crippen LogP contribution in [0.4, 0.5) is 0 Å². The zero-order chi connectivity index (χ0) is 81.9. The minimum atomic E-state index is -0.134. The smallest absolute Gasteiger partial charge is 0.127 e. The highest BCUT2D eigenvalue weighted by molar-refractivity contribution is 5.67. The average Bonchev–Trinajstić information content (AvgIpc) is 0.797. The van der Waals surface area contributed by atoms with Crippen LogP contribution in [-0.4, -0.2) is 0 Å². The third-order valence-electron chi connectivity index (χ3n) is 19.3. The number of hydrogen-bond donors (Lipinski definition) is 0. The summed E-state index contributed by atoms with van der Waals surface area (Å²) in [5, 5.41) is 0. The maximum Gasteiger partial charge on any atom is 0.127 e. The Kier molecular flexibility index (Phi) is 28.6. The van der Waals surface area contributed by atoms with Crippen LogP contribution in [0.5, 0.6) is 92.0 Å². The van der Waals surface area contributed by atoms with Crippen LogP contribution in [0.3, 0.4) is 0 Å². The lowest BCUT2D eigenvalue weighted by atomic mass is 9.78. The van der Waals surface area contributed by atoms with Crippen LogP contribution in [0.2, 0.25) is 0 Å². The highest BCUT2D eigenvalue weighted by Gasteiger charge is 2.23. The SMILES string of the molecule is Cc1ccc(Oc2ccc(-c3ccc(Oc4ccc(C)cc4)cc3)cc2)cc1.Cc1ccc(Oc2ccc(-c3ccc(Oc4ccc(C)cc4)cc3)cc2)cc1.Cc1ccc(Oc2ccc(C(C)(C)c3ccc(Oc4ccc(C)cc4)cc3)cc2)cc1.Cc1ccc(Oc2ccc(C)cc2)cc1.Cc1ccc(Oc2cccc(C)c2)cc1. The molecule has 16 rings (SSSR count). The van der Waals surface area contributed by atoms with Crippen molar-refractivity contribution in [1.29, 1.82) is 0 Å². The maximum atomic E-state index is 5.97. The van der Waals surface area contributed by atoms with Gasteiger partial charge >= 0.3 is 0 Å². The van der Waals surface area contributed by atoms with E-state index in [-0.39, 0.29) is 5.41 Å². The predicted octanol–water partition coefficient (Wildman–Crippen LogP) is 31.5. The molecule has 0 heterocycles. The van der Waals surface area contributed by atoms with Gasteiger partial charge in [-0.2, -0.15) is 0 Å². The number of aryl methyl sites for hydroxylation is 10. The van der Waals surface area contributed by atoms with Crippen molar-refractivity contribution in [3.8, 4) is 114 Å². The molecule has 0 unspecified atom stereocenters. The molecule has 0 aliphatic rings. The van der Waals surface area contributed by atoms with Gasteiger partial charge in [0.25, 0.3) is 0 Å². The van der Waals surface area contributed by atoms with Crippen molar-refractivity contribution in [2.24, 2.45) is 0 Å². The van der Waals surface area contributed by atoms with E-state index in [1.54, 1.807) is 0 Å². The zero-order valence-electron chi connectivity index (χ0n) is 68.7. The number of hydrogen-bond acceptors (Lipinski definition) is 8. The quantitative estimate of drug-likeness (QED) is 0.0747. The molecule has 584 valence electrons. The first-order chi connectivity index (χ1) is 56.7. The van der Waals surface area contributed by atoms with E-state index < -0.39 is 0 Å². The summed E-state index contributed by atoms with van der Waals surface area (Å²) in [7, 11) is 0. The summed E-state index contributed by atoms with van der Waals surface area (Å²) in [6, 6.07) is 130. The molecule has 8 heteroatoms. The zero-order valence-corrected chi connectivity index (χ0v) is 68.7. The van der Waals surface area contributed by atoms with E-state index in [0.717, 1.165) is 114 Å². The molecular weight excluding hydrogens is 1440 g/mol. The standard InChI is InChI=1S/C29H28O2.2C26H22O2.2C14H14O/c1-21-5-13-25(14-6-21)30-27-17-9-23(10-18-27)29(3,4)24-11-19-28(20-12-24)31-26-15-7-22(2)8-16-26;2*1-19-3-11-23(12-4-19)27-25-15-7-21(8-16-25)22-9-17-26(18-10-22)28-24-13-5-20(2)6-14-24;1-11-3-7-13(8-4-11)15-14-9-5-12(2)6-10-14;1-11-6-8-13(9-7-11)15-14-5-3-4-12(2)10-14/h5-20H,1-4H3;2*3-18H,1-2H3;2*3-10H,1-2H3. The Morgan fingerprint density at radius 3 is 0.427 bits per heavy atom. The average molecular weight is 1540 g/mol. The van der Waals surface area contributed by atoms with E-state index in [9.17, 15) is 0 Å².